The number of rotatable bonds is 7. The lowest BCUT2D eigenvalue weighted by Crippen LogP contribution is -2.06. The first kappa shape index (κ1) is 13.9. The van der Waals surface area contributed by atoms with Crippen molar-refractivity contribution in [1.82, 2.24) is 9.97 Å². The molecule has 2 N–H and O–H groups in total. The van der Waals surface area contributed by atoms with Gasteiger partial charge in [-0.25, -0.2) is 4.98 Å². The normalized spacial score (nSPS) is 9.85. The Morgan fingerprint density at radius 2 is 2.00 bits per heavy atom. The Balaban J connectivity index is 1.93. The van der Waals surface area contributed by atoms with Gasteiger partial charge in [-0.3, -0.25) is 0 Å². The zero-order chi connectivity index (χ0) is 14.2. The third-order valence-electron chi connectivity index (χ3n) is 2.69. The molecule has 0 radical (unpaired) electrons. The van der Waals surface area contributed by atoms with E-state index in [2.05, 4.69) is 27.2 Å². The fourth-order valence-corrected chi connectivity index (χ4v) is 1.64. The highest BCUT2D eigenvalue weighted by Crippen LogP contribution is 2.12. The number of methoxy groups -OCH3 is 1. The number of aromatic nitrogens is 2. The number of nitrogens with one attached hydrogen (secondary N) is 2. The Kier molecular flexibility index (Phi) is 4.94. The van der Waals surface area contributed by atoms with Crippen LogP contribution in [-0.4, -0.2) is 23.6 Å². The van der Waals surface area contributed by atoms with Crippen LogP contribution in [0.4, 0.5) is 11.8 Å². The summed E-state index contributed by atoms with van der Waals surface area (Å²) in [6.45, 7) is 4.99. The molecule has 0 spiro atoms. The lowest BCUT2D eigenvalue weighted by Gasteiger charge is -2.07. The van der Waals surface area contributed by atoms with Crippen molar-refractivity contribution in [2.45, 2.75) is 6.54 Å². The monoisotopic (exact) mass is 270 g/mol. The minimum atomic E-state index is 0.592. The maximum absolute atomic E-state index is 5.12. The molecule has 2 rings (SSSR count). The molecule has 0 unspecified atom stereocenters. The topological polar surface area (TPSA) is 59.1 Å². The van der Waals surface area contributed by atoms with E-state index in [9.17, 15) is 0 Å². The second-order valence-electron chi connectivity index (χ2n) is 4.14. The Morgan fingerprint density at radius 1 is 1.20 bits per heavy atom. The van der Waals surface area contributed by atoms with Crippen LogP contribution in [0.2, 0.25) is 0 Å². The van der Waals surface area contributed by atoms with Crippen molar-refractivity contribution < 1.29 is 4.74 Å². The molecule has 5 heteroatoms. The molecule has 0 amide bonds. The second kappa shape index (κ2) is 7.13. The van der Waals surface area contributed by atoms with Gasteiger partial charge in [-0.15, -0.1) is 6.58 Å². The predicted molar refractivity (Wildman–Crippen MR) is 81.0 cm³/mol. The molecule has 0 saturated carbocycles. The third kappa shape index (κ3) is 3.98. The van der Waals surface area contributed by atoms with Crippen molar-refractivity contribution in [2.75, 3.05) is 24.3 Å². The summed E-state index contributed by atoms with van der Waals surface area (Å²) < 4.78 is 5.12. The summed E-state index contributed by atoms with van der Waals surface area (Å²) in [5.41, 5.74) is 1.14. The summed E-state index contributed by atoms with van der Waals surface area (Å²) in [7, 11) is 1.66. The van der Waals surface area contributed by atoms with Crippen LogP contribution in [0.25, 0.3) is 0 Å². The first-order valence-corrected chi connectivity index (χ1v) is 6.36. The molecule has 0 bridgehead atoms. The molecule has 104 valence electrons. The number of hydrogen-bond acceptors (Lipinski definition) is 5. The van der Waals surface area contributed by atoms with Crippen LogP contribution in [0.5, 0.6) is 5.75 Å². The quantitative estimate of drug-likeness (QED) is 0.758. The van der Waals surface area contributed by atoms with Crippen LogP contribution >= 0.6 is 0 Å². The Labute approximate surface area is 118 Å². The zero-order valence-corrected chi connectivity index (χ0v) is 11.5. The lowest BCUT2D eigenvalue weighted by atomic mass is 10.2. The van der Waals surface area contributed by atoms with E-state index >= 15 is 0 Å². The molecular formula is C15H18N4O. The molecule has 1 aromatic heterocycles. The van der Waals surface area contributed by atoms with E-state index in [1.54, 1.807) is 19.4 Å². The van der Waals surface area contributed by atoms with Crippen LogP contribution < -0.4 is 15.4 Å². The molecule has 0 aliphatic rings. The Hall–Kier alpha value is -2.56. The lowest BCUT2D eigenvalue weighted by molar-refractivity contribution is 0.414. The van der Waals surface area contributed by atoms with E-state index in [0.29, 0.717) is 19.0 Å². The van der Waals surface area contributed by atoms with E-state index in [-0.39, 0.29) is 0 Å². The SMILES string of the molecule is C=CCNc1ccnc(NCc2ccc(OC)cc2)n1. The fraction of sp³-hybridized carbons (Fsp3) is 0.200. The molecule has 0 fully saturated rings. The van der Waals surface area contributed by atoms with Gasteiger partial charge >= 0.3 is 0 Å². The minimum absolute atomic E-state index is 0.592. The molecule has 20 heavy (non-hydrogen) atoms. The fourth-order valence-electron chi connectivity index (χ4n) is 1.64. The van der Waals surface area contributed by atoms with Gasteiger partial charge in [0.1, 0.15) is 11.6 Å². The molecule has 0 aliphatic heterocycles. The van der Waals surface area contributed by atoms with Crippen molar-refractivity contribution >= 4 is 11.8 Å². The van der Waals surface area contributed by atoms with Crippen LogP contribution in [0, 0.1) is 0 Å². The molecular weight excluding hydrogens is 252 g/mol. The summed E-state index contributed by atoms with van der Waals surface area (Å²) in [5, 5.41) is 6.31. The smallest absolute Gasteiger partial charge is 0.224 e. The van der Waals surface area contributed by atoms with Gasteiger partial charge in [-0.2, -0.15) is 4.98 Å². The van der Waals surface area contributed by atoms with Gasteiger partial charge in [-0.1, -0.05) is 18.2 Å². The third-order valence-corrected chi connectivity index (χ3v) is 2.69. The van der Waals surface area contributed by atoms with E-state index < -0.39 is 0 Å². The first-order valence-electron chi connectivity index (χ1n) is 6.36. The number of hydrogen-bond donors (Lipinski definition) is 2. The van der Waals surface area contributed by atoms with Crippen LogP contribution in [0.3, 0.4) is 0 Å². The average Bonchev–Trinajstić information content (AvgIpc) is 2.52. The Morgan fingerprint density at radius 3 is 2.70 bits per heavy atom. The zero-order valence-electron chi connectivity index (χ0n) is 11.5. The van der Waals surface area contributed by atoms with Crippen molar-refractivity contribution in [3.8, 4) is 5.75 Å². The summed E-state index contributed by atoms with van der Waals surface area (Å²) in [5.74, 6) is 2.22. The summed E-state index contributed by atoms with van der Waals surface area (Å²) in [4.78, 5) is 8.54. The van der Waals surface area contributed by atoms with Crippen molar-refractivity contribution in [1.29, 1.82) is 0 Å². The van der Waals surface area contributed by atoms with Crippen molar-refractivity contribution in [2.24, 2.45) is 0 Å². The summed E-state index contributed by atoms with van der Waals surface area (Å²) in [6, 6.07) is 9.69. The number of benzene rings is 1. The van der Waals surface area contributed by atoms with Gasteiger partial charge < -0.3 is 15.4 Å². The molecule has 2 aromatic rings. The first-order chi connectivity index (χ1) is 9.81. The number of anilines is 2. The van der Waals surface area contributed by atoms with Crippen LogP contribution in [0.15, 0.2) is 49.2 Å². The summed E-state index contributed by atoms with van der Waals surface area (Å²) in [6.07, 6.45) is 3.50. The van der Waals surface area contributed by atoms with E-state index in [4.69, 9.17) is 4.74 Å². The van der Waals surface area contributed by atoms with Gasteiger partial charge in [-0.05, 0) is 23.8 Å². The highest BCUT2D eigenvalue weighted by Gasteiger charge is 1.99. The van der Waals surface area contributed by atoms with Gasteiger partial charge in [0.25, 0.3) is 0 Å². The highest BCUT2D eigenvalue weighted by molar-refractivity contribution is 5.40. The van der Waals surface area contributed by atoms with Crippen LogP contribution in [0.1, 0.15) is 5.56 Å². The maximum atomic E-state index is 5.12. The second-order valence-corrected chi connectivity index (χ2v) is 4.14. The molecule has 0 saturated heterocycles. The van der Waals surface area contributed by atoms with Gasteiger partial charge in [0, 0.05) is 19.3 Å². The standard InChI is InChI=1S/C15H18N4O/c1-3-9-16-14-8-10-17-15(19-14)18-11-12-4-6-13(20-2)7-5-12/h3-8,10H,1,9,11H2,2H3,(H2,16,17,18,19). The highest BCUT2D eigenvalue weighted by atomic mass is 16.5. The summed E-state index contributed by atoms with van der Waals surface area (Å²) >= 11 is 0. The Bertz CT molecular complexity index is 554. The largest absolute Gasteiger partial charge is 0.497 e. The molecule has 0 atom stereocenters. The maximum Gasteiger partial charge on any atom is 0.224 e. The van der Waals surface area contributed by atoms with Crippen LogP contribution in [-0.2, 0) is 6.54 Å². The molecule has 1 heterocycles. The van der Waals surface area contributed by atoms with Crippen molar-refractivity contribution in [3.63, 3.8) is 0 Å². The predicted octanol–water partition coefficient (Wildman–Crippen LogP) is 2.70. The van der Waals surface area contributed by atoms with E-state index in [0.717, 1.165) is 17.1 Å². The van der Waals surface area contributed by atoms with Gasteiger partial charge in [0.05, 0.1) is 7.11 Å². The average molecular weight is 270 g/mol. The van der Waals surface area contributed by atoms with E-state index in [1.165, 1.54) is 0 Å². The molecule has 5 nitrogen and oxygen atoms in total. The molecule has 0 aliphatic carbocycles. The number of nitrogens with zero attached hydrogens (tertiary/aromatic N) is 2. The van der Waals surface area contributed by atoms with Crippen molar-refractivity contribution in [3.05, 3.63) is 54.7 Å². The van der Waals surface area contributed by atoms with E-state index in [1.807, 2.05) is 30.3 Å². The number of ether oxygens (including phenoxy) is 1. The minimum Gasteiger partial charge on any atom is -0.497 e. The van der Waals surface area contributed by atoms with Gasteiger partial charge in [0.15, 0.2) is 0 Å². The van der Waals surface area contributed by atoms with Gasteiger partial charge in [0.2, 0.25) is 5.95 Å². The molecule has 1 aromatic carbocycles.